The van der Waals surface area contributed by atoms with Crippen molar-refractivity contribution in [3.8, 4) is 22.3 Å². The van der Waals surface area contributed by atoms with Crippen molar-refractivity contribution in [3.63, 3.8) is 0 Å². The van der Waals surface area contributed by atoms with Crippen molar-refractivity contribution in [2.24, 2.45) is 0 Å². The summed E-state index contributed by atoms with van der Waals surface area (Å²) in [5.74, 6) is 0. The van der Waals surface area contributed by atoms with Gasteiger partial charge in [0.1, 0.15) is 0 Å². The number of fused-ring (bicyclic) bond motifs is 10. The Labute approximate surface area is 268 Å². The molecule has 0 heterocycles. The summed E-state index contributed by atoms with van der Waals surface area (Å²) in [5, 5.41) is 5.10. The third-order valence-electron chi connectivity index (χ3n) is 10.2. The first-order valence-electron chi connectivity index (χ1n) is 16.0. The standard InChI is InChI=1S/C45H29N/c1-2-17-32(18-3-1)46(43-26-12-14-30-13-4-5-19-34(30)43)33-27-28-37-35-20-6-8-23-39(35)45(42(37)29-33)40-24-9-7-21-36(40)38-22-10-15-31-16-11-25-41(45)44(31)38/h1-29H. The van der Waals surface area contributed by atoms with Crippen LogP contribution in [-0.4, -0.2) is 0 Å². The van der Waals surface area contributed by atoms with Crippen molar-refractivity contribution in [2.45, 2.75) is 5.41 Å². The van der Waals surface area contributed by atoms with Gasteiger partial charge in [-0.1, -0.05) is 146 Å². The van der Waals surface area contributed by atoms with Crippen molar-refractivity contribution in [2.75, 3.05) is 4.90 Å². The van der Waals surface area contributed by atoms with Crippen molar-refractivity contribution in [1.29, 1.82) is 0 Å². The van der Waals surface area contributed by atoms with Crippen LogP contribution in [0.5, 0.6) is 0 Å². The van der Waals surface area contributed by atoms with E-state index in [4.69, 9.17) is 0 Å². The number of benzene rings is 8. The molecule has 46 heavy (non-hydrogen) atoms. The SMILES string of the molecule is c1ccc(N(c2ccc3c(c2)C2(c4ccccc4-3)c3ccccc3-c3cccc4cccc2c34)c2cccc3ccccc23)cc1. The molecule has 1 unspecified atom stereocenters. The normalized spacial score (nSPS) is 15.5. The van der Waals surface area contributed by atoms with Gasteiger partial charge in [0, 0.05) is 16.8 Å². The lowest BCUT2D eigenvalue weighted by Crippen LogP contribution is -2.32. The molecule has 214 valence electrons. The van der Waals surface area contributed by atoms with Gasteiger partial charge in [0.15, 0.2) is 0 Å². The van der Waals surface area contributed by atoms with Gasteiger partial charge in [0.25, 0.3) is 0 Å². The van der Waals surface area contributed by atoms with Crippen molar-refractivity contribution in [3.05, 3.63) is 198 Å². The highest BCUT2D eigenvalue weighted by atomic mass is 15.1. The molecule has 2 aliphatic rings. The van der Waals surface area contributed by atoms with Crippen LogP contribution in [0.25, 0.3) is 43.8 Å². The lowest BCUT2D eigenvalue weighted by molar-refractivity contribution is 0.773. The smallest absolute Gasteiger partial charge is 0.0726 e. The van der Waals surface area contributed by atoms with E-state index in [1.54, 1.807) is 0 Å². The molecule has 0 radical (unpaired) electrons. The van der Waals surface area contributed by atoms with E-state index in [9.17, 15) is 0 Å². The molecule has 0 saturated heterocycles. The van der Waals surface area contributed by atoms with Gasteiger partial charge in [-0.15, -0.1) is 0 Å². The van der Waals surface area contributed by atoms with Crippen LogP contribution in [0, 0.1) is 0 Å². The molecule has 1 atom stereocenters. The van der Waals surface area contributed by atoms with Gasteiger partial charge in [-0.05, 0) is 91.0 Å². The third-order valence-corrected chi connectivity index (χ3v) is 10.2. The molecule has 1 heteroatoms. The Hall–Kier alpha value is -5.92. The van der Waals surface area contributed by atoms with E-state index in [1.165, 1.54) is 71.7 Å². The molecule has 0 aliphatic heterocycles. The van der Waals surface area contributed by atoms with Gasteiger partial charge in [0.2, 0.25) is 0 Å². The van der Waals surface area contributed by atoms with Gasteiger partial charge in [-0.3, -0.25) is 0 Å². The van der Waals surface area contributed by atoms with Crippen LogP contribution in [0.1, 0.15) is 22.3 Å². The first-order chi connectivity index (χ1) is 22.8. The molecule has 0 fully saturated rings. The van der Waals surface area contributed by atoms with Gasteiger partial charge in [-0.2, -0.15) is 0 Å². The first kappa shape index (κ1) is 25.4. The Bertz CT molecular complexity index is 2480. The van der Waals surface area contributed by atoms with Crippen LogP contribution >= 0.6 is 0 Å². The fraction of sp³-hybridized carbons (Fsp3) is 0.0222. The largest absolute Gasteiger partial charge is 0.310 e. The zero-order valence-electron chi connectivity index (χ0n) is 25.2. The lowest BCUT2D eigenvalue weighted by Gasteiger charge is -2.40. The Morgan fingerprint density at radius 2 is 0.913 bits per heavy atom. The number of anilines is 3. The lowest BCUT2D eigenvalue weighted by atomic mass is 9.61. The van der Waals surface area contributed by atoms with E-state index in [-0.39, 0.29) is 0 Å². The third kappa shape index (κ3) is 3.29. The fourth-order valence-corrected chi connectivity index (χ4v) is 8.46. The fourth-order valence-electron chi connectivity index (χ4n) is 8.46. The molecule has 0 amide bonds. The maximum Gasteiger partial charge on any atom is 0.0726 e. The minimum Gasteiger partial charge on any atom is -0.310 e. The van der Waals surface area contributed by atoms with Gasteiger partial charge in [-0.25, -0.2) is 0 Å². The molecule has 1 spiro atoms. The molecule has 0 aromatic heterocycles. The Morgan fingerprint density at radius 3 is 1.74 bits per heavy atom. The molecular weight excluding hydrogens is 555 g/mol. The molecule has 2 aliphatic carbocycles. The quantitative estimate of drug-likeness (QED) is 0.200. The average Bonchev–Trinajstić information content (AvgIpc) is 3.41. The summed E-state index contributed by atoms with van der Waals surface area (Å²) in [7, 11) is 0. The highest BCUT2D eigenvalue weighted by Gasteiger charge is 2.50. The van der Waals surface area contributed by atoms with E-state index in [0.717, 1.165) is 11.4 Å². The summed E-state index contributed by atoms with van der Waals surface area (Å²) in [6, 6.07) is 65.1. The summed E-state index contributed by atoms with van der Waals surface area (Å²) >= 11 is 0. The predicted molar refractivity (Wildman–Crippen MR) is 192 cm³/mol. The maximum atomic E-state index is 2.48. The molecular formula is C45H29N. The highest BCUT2D eigenvalue weighted by molar-refractivity contribution is 6.07. The first-order valence-corrected chi connectivity index (χ1v) is 16.0. The molecule has 0 bridgehead atoms. The van der Waals surface area contributed by atoms with Gasteiger partial charge in [0.05, 0.1) is 11.1 Å². The minimum atomic E-state index is -0.451. The van der Waals surface area contributed by atoms with Crippen LogP contribution in [0.4, 0.5) is 17.1 Å². The second-order valence-corrected chi connectivity index (χ2v) is 12.4. The van der Waals surface area contributed by atoms with Gasteiger partial charge < -0.3 is 4.90 Å². The molecule has 0 saturated carbocycles. The van der Waals surface area contributed by atoms with E-state index in [1.807, 2.05) is 0 Å². The molecule has 10 rings (SSSR count). The predicted octanol–water partition coefficient (Wildman–Crippen LogP) is 11.8. The van der Waals surface area contributed by atoms with Crippen molar-refractivity contribution < 1.29 is 0 Å². The van der Waals surface area contributed by atoms with Crippen LogP contribution in [0.15, 0.2) is 176 Å². The topological polar surface area (TPSA) is 3.24 Å². The average molecular weight is 584 g/mol. The maximum absolute atomic E-state index is 2.48. The summed E-state index contributed by atoms with van der Waals surface area (Å²) < 4.78 is 0. The summed E-state index contributed by atoms with van der Waals surface area (Å²) in [4.78, 5) is 2.43. The molecule has 0 N–H and O–H groups in total. The van der Waals surface area contributed by atoms with Crippen LogP contribution in [-0.2, 0) is 5.41 Å². The van der Waals surface area contributed by atoms with Crippen LogP contribution in [0.3, 0.4) is 0 Å². The Morgan fingerprint density at radius 1 is 0.348 bits per heavy atom. The zero-order chi connectivity index (χ0) is 30.2. The molecule has 8 aromatic carbocycles. The van der Waals surface area contributed by atoms with Crippen molar-refractivity contribution in [1.82, 2.24) is 0 Å². The monoisotopic (exact) mass is 583 g/mol. The Balaban J connectivity index is 1.33. The second-order valence-electron chi connectivity index (χ2n) is 12.4. The number of nitrogens with zero attached hydrogens (tertiary/aromatic N) is 1. The summed E-state index contributed by atoms with van der Waals surface area (Å²) in [5.41, 5.74) is 13.7. The summed E-state index contributed by atoms with van der Waals surface area (Å²) in [6.07, 6.45) is 0. The second kappa shape index (κ2) is 9.54. The van der Waals surface area contributed by atoms with E-state index >= 15 is 0 Å². The number of hydrogen-bond donors (Lipinski definition) is 0. The summed E-state index contributed by atoms with van der Waals surface area (Å²) in [6.45, 7) is 0. The number of hydrogen-bond acceptors (Lipinski definition) is 1. The van der Waals surface area contributed by atoms with E-state index in [2.05, 4.69) is 181 Å². The highest BCUT2D eigenvalue weighted by Crippen LogP contribution is 2.62. The van der Waals surface area contributed by atoms with Crippen molar-refractivity contribution >= 4 is 38.6 Å². The van der Waals surface area contributed by atoms with Crippen LogP contribution in [0.2, 0.25) is 0 Å². The van der Waals surface area contributed by atoms with E-state index in [0.29, 0.717) is 0 Å². The van der Waals surface area contributed by atoms with E-state index < -0.39 is 5.41 Å². The Kier molecular flexibility index (Phi) is 5.27. The zero-order valence-corrected chi connectivity index (χ0v) is 25.2. The molecule has 1 nitrogen and oxygen atoms in total. The number of para-hydroxylation sites is 1. The van der Waals surface area contributed by atoms with Crippen LogP contribution < -0.4 is 4.90 Å². The van der Waals surface area contributed by atoms with Gasteiger partial charge >= 0.3 is 0 Å². The minimum absolute atomic E-state index is 0.451. The molecule has 8 aromatic rings. The number of rotatable bonds is 3.